The van der Waals surface area contributed by atoms with Gasteiger partial charge >= 0.3 is 5.97 Å². The zero-order valence-corrected chi connectivity index (χ0v) is 15.6. The molecule has 0 radical (unpaired) electrons. The van der Waals surface area contributed by atoms with Gasteiger partial charge in [0.15, 0.2) is 0 Å². The zero-order chi connectivity index (χ0) is 18.4. The van der Waals surface area contributed by atoms with Gasteiger partial charge in [0.05, 0.1) is 18.3 Å². The first kappa shape index (κ1) is 16.4. The Hall–Kier alpha value is -2.79. The Morgan fingerprint density at radius 3 is 2.74 bits per heavy atom. The van der Waals surface area contributed by atoms with Gasteiger partial charge < -0.3 is 9.64 Å². The summed E-state index contributed by atoms with van der Waals surface area (Å²) in [6, 6.07) is 20.3. The van der Waals surface area contributed by atoms with E-state index in [4.69, 9.17) is 9.72 Å². The number of hydrogen-bond acceptors (Lipinski definition) is 5. The Morgan fingerprint density at radius 2 is 1.93 bits per heavy atom. The molecule has 3 aromatic rings. The van der Waals surface area contributed by atoms with E-state index in [1.807, 2.05) is 36.4 Å². The van der Waals surface area contributed by atoms with Crippen molar-refractivity contribution in [3.8, 4) is 0 Å². The molecule has 1 aromatic heterocycles. The number of aromatic nitrogens is 1. The molecule has 2 aliphatic heterocycles. The average molecular weight is 374 g/mol. The minimum Gasteiger partial charge on any atom is -0.467 e. The molecule has 5 heteroatoms. The maximum absolute atomic E-state index is 12.5. The van der Waals surface area contributed by atoms with Crippen molar-refractivity contribution in [3.63, 3.8) is 0 Å². The fraction of sp³-hybridized carbons (Fsp3) is 0.182. The molecule has 1 fully saturated rings. The van der Waals surface area contributed by atoms with Crippen molar-refractivity contribution in [1.82, 2.24) is 9.88 Å². The third-order valence-electron chi connectivity index (χ3n) is 5.15. The smallest absolute Gasteiger partial charge is 0.329 e. The molecule has 0 N–H and O–H groups in total. The lowest BCUT2D eigenvalue weighted by Crippen LogP contribution is -2.39. The number of pyridine rings is 1. The first-order valence-electron chi connectivity index (χ1n) is 8.91. The number of thioether (sulfide) groups is 1. The van der Waals surface area contributed by atoms with Crippen molar-refractivity contribution < 1.29 is 9.53 Å². The van der Waals surface area contributed by atoms with Gasteiger partial charge in [-0.1, -0.05) is 48.5 Å². The minimum atomic E-state index is -0.295. The van der Waals surface area contributed by atoms with Crippen LogP contribution in [0.15, 0.2) is 60.7 Å². The number of fused-ring (bicyclic) bond motifs is 4. The second kappa shape index (κ2) is 6.43. The highest BCUT2D eigenvalue weighted by atomic mass is 32.2. The van der Waals surface area contributed by atoms with Crippen LogP contribution in [0.3, 0.4) is 0 Å². The number of ether oxygens (including phenoxy) is 1. The summed E-state index contributed by atoms with van der Waals surface area (Å²) < 4.78 is 5.09. The van der Waals surface area contributed by atoms with E-state index < -0.39 is 0 Å². The number of methoxy groups -OCH3 is 1. The normalized spacial score (nSPS) is 20.8. The van der Waals surface area contributed by atoms with Gasteiger partial charge in [-0.3, -0.25) is 0 Å². The third-order valence-corrected chi connectivity index (χ3v) is 6.45. The molecule has 0 saturated carbocycles. The first-order valence-corrected chi connectivity index (χ1v) is 9.96. The molecule has 0 amide bonds. The van der Waals surface area contributed by atoms with E-state index >= 15 is 0 Å². The molecule has 1 saturated heterocycles. The SMILES string of the molecule is COC(=O)[C@H]1CS[C@@H]2c3cc4ccccc4nc3C=C(c3ccccc3)N12. The van der Waals surface area contributed by atoms with Crippen LogP contribution in [0, 0.1) is 0 Å². The molecule has 0 unspecified atom stereocenters. The van der Waals surface area contributed by atoms with Crippen LogP contribution in [0.1, 0.15) is 22.2 Å². The fourth-order valence-electron chi connectivity index (χ4n) is 3.86. The Balaban J connectivity index is 1.73. The standard InChI is InChI=1S/C22H18N2O2S/c1-26-22(25)20-13-27-21-16-11-15-9-5-6-10-17(15)23-18(16)12-19(24(20)21)14-7-3-2-4-8-14/h2-12,20-21H,13H2,1H3/t20-,21-/m1/s1. The molecule has 0 aliphatic carbocycles. The predicted octanol–water partition coefficient (Wildman–Crippen LogP) is 4.34. The van der Waals surface area contributed by atoms with Gasteiger partial charge in [0.1, 0.15) is 11.4 Å². The van der Waals surface area contributed by atoms with Gasteiger partial charge in [-0.15, -0.1) is 11.8 Å². The van der Waals surface area contributed by atoms with E-state index in [-0.39, 0.29) is 17.4 Å². The summed E-state index contributed by atoms with van der Waals surface area (Å²) in [5, 5.41) is 1.18. The summed E-state index contributed by atoms with van der Waals surface area (Å²) in [7, 11) is 1.46. The van der Waals surface area contributed by atoms with Gasteiger partial charge in [-0.25, -0.2) is 9.78 Å². The van der Waals surface area contributed by atoms with Crippen molar-refractivity contribution in [1.29, 1.82) is 0 Å². The van der Waals surface area contributed by atoms with Crippen LogP contribution in [0.5, 0.6) is 0 Å². The molecular formula is C22H18N2O2S. The van der Waals surface area contributed by atoms with Gasteiger partial charge in [0, 0.05) is 22.4 Å². The molecule has 134 valence electrons. The molecule has 2 atom stereocenters. The maximum Gasteiger partial charge on any atom is 0.329 e. The van der Waals surface area contributed by atoms with Crippen LogP contribution in [-0.2, 0) is 9.53 Å². The highest BCUT2D eigenvalue weighted by Crippen LogP contribution is 2.50. The van der Waals surface area contributed by atoms with Crippen LogP contribution < -0.4 is 0 Å². The summed E-state index contributed by atoms with van der Waals surface area (Å²) in [5.41, 5.74) is 5.23. The Morgan fingerprint density at radius 1 is 1.15 bits per heavy atom. The van der Waals surface area contributed by atoms with Gasteiger partial charge in [-0.05, 0) is 23.8 Å². The number of esters is 1. The van der Waals surface area contributed by atoms with Crippen molar-refractivity contribution in [3.05, 3.63) is 77.5 Å². The summed E-state index contributed by atoms with van der Waals surface area (Å²) in [4.78, 5) is 19.6. The van der Waals surface area contributed by atoms with Crippen LogP contribution in [0.2, 0.25) is 0 Å². The van der Waals surface area contributed by atoms with Crippen molar-refractivity contribution >= 4 is 40.4 Å². The largest absolute Gasteiger partial charge is 0.467 e. The molecule has 3 heterocycles. The number of para-hydroxylation sites is 1. The summed E-state index contributed by atoms with van der Waals surface area (Å²) in [6.45, 7) is 0. The molecule has 2 aliphatic rings. The zero-order valence-electron chi connectivity index (χ0n) is 14.8. The number of nitrogens with zero attached hydrogens (tertiary/aromatic N) is 2. The molecule has 5 rings (SSSR count). The Labute approximate surface area is 161 Å². The number of carbonyl (C=O) groups excluding carboxylic acids is 1. The van der Waals surface area contributed by atoms with E-state index in [1.165, 1.54) is 7.11 Å². The van der Waals surface area contributed by atoms with E-state index in [1.54, 1.807) is 11.8 Å². The lowest BCUT2D eigenvalue weighted by molar-refractivity contribution is -0.144. The minimum absolute atomic E-state index is 0.0569. The van der Waals surface area contributed by atoms with E-state index in [0.29, 0.717) is 5.75 Å². The predicted molar refractivity (Wildman–Crippen MR) is 109 cm³/mol. The van der Waals surface area contributed by atoms with E-state index in [9.17, 15) is 4.79 Å². The first-order chi connectivity index (χ1) is 13.3. The fourth-order valence-corrected chi connectivity index (χ4v) is 5.31. The summed E-state index contributed by atoms with van der Waals surface area (Å²) in [5.74, 6) is 0.511. The highest BCUT2D eigenvalue weighted by Gasteiger charge is 2.44. The molecular weight excluding hydrogens is 356 g/mol. The number of rotatable bonds is 2. The van der Waals surface area contributed by atoms with Crippen LogP contribution in [-0.4, -0.2) is 34.8 Å². The van der Waals surface area contributed by atoms with Gasteiger partial charge in [-0.2, -0.15) is 0 Å². The number of carbonyl (C=O) groups is 1. The second-order valence-corrected chi connectivity index (χ2v) is 7.80. The molecule has 4 nitrogen and oxygen atoms in total. The molecule has 0 spiro atoms. The topological polar surface area (TPSA) is 42.4 Å². The highest BCUT2D eigenvalue weighted by molar-refractivity contribution is 7.99. The molecule has 27 heavy (non-hydrogen) atoms. The van der Waals surface area contributed by atoms with Gasteiger partial charge in [0.2, 0.25) is 0 Å². The third kappa shape index (κ3) is 2.61. The number of benzene rings is 2. The van der Waals surface area contributed by atoms with Crippen LogP contribution in [0.25, 0.3) is 22.7 Å². The molecule has 2 aromatic carbocycles. The van der Waals surface area contributed by atoms with E-state index in [2.05, 4.69) is 35.2 Å². The lowest BCUT2D eigenvalue weighted by atomic mass is 9.98. The monoisotopic (exact) mass is 374 g/mol. The lowest BCUT2D eigenvalue weighted by Gasteiger charge is -2.36. The van der Waals surface area contributed by atoms with Crippen molar-refractivity contribution in [2.24, 2.45) is 0 Å². The number of hydrogen-bond donors (Lipinski definition) is 0. The second-order valence-electron chi connectivity index (χ2n) is 6.68. The van der Waals surface area contributed by atoms with E-state index in [0.717, 1.165) is 33.4 Å². The average Bonchev–Trinajstić information content (AvgIpc) is 3.17. The summed E-state index contributed by atoms with van der Waals surface area (Å²) >= 11 is 1.77. The quantitative estimate of drug-likeness (QED) is 0.625. The van der Waals surface area contributed by atoms with Gasteiger partial charge in [0.25, 0.3) is 0 Å². The summed E-state index contributed by atoms with van der Waals surface area (Å²) in [6.07, 6.45) is 2.11. The Kier molecular flexibility index (Phi) is 3.90. The van der Waals surface area contributed by atoms with Crippen molar-refractivity contribution in [2.45, 2.75) is 11.4 Å². The van der Waals surface area contributed by atoms with Crippen LogP contribution in [0.4, 0.5) is 0 Å². The Bertz CT molecular complexity index is 1060. The van der Waals surface area contributed by atoms with Crippen molar-refractivity contribution in [2.75, 3.05) is 12.9 Å². The van der Waals surface area contributed by atoms with Crippen LogP contribution >= 0.6 is 11.8 Å². The molecule has 0 bridgehead atoms. The maximum atomic E-state index is 12.5.